The van der Waals surface area contributed by atoms with Crippen molar-refractivity contribution in [3.8, 4) is 11.5 Å². The van der Waals surface area contributed by atoms with Gasteiger partial charge in [0.05, 0.1) is 24.2 Å². The molecule has 0 atom stereocenters. The lowest BCUT2D eigenvalue weighted by molar-refractivity contribution is -0.121. The summed E-state index contributed by atoms with van der Waals surface area (Å²) < 4.78 is 13.3. The minimum Gasteiger partial charge on any atom is -0.497 e. The van der Waals surface area contributed by atoms with E-state index in [0.29, 0.717) is 23.2 Å². The van der Waals surface area contributed by atoms with Crippen molar-refractivity contribution < 1.29 is 14.3 Å². The Morgan fingerprint density at radius 2 is 1.69 bits per heavy atom. The molecule has 5 rings (SSSR count). The van der Waals surface area contributed by atoms with Crippen LogP contribution in [0.5, 0.6) is 11.5 Å². The largest absolute Gasteiger partial charge is 0.497 e. The van der Waals surface area contributed by atoms with Crippen LogP contribution in [0.4, 0.5) is 5.69 Å². The van der Waals surface area contributed by atoms with Crippen molar-refractivity contribution in [3.63, 3.8) is 0 Å². The Kier molecular flexibility index (Phi) is 6.59. The number of carbonyl (C=O) groups excluding carboxylic acids is 1. The van der Waals surface area contributed by atoms with Crippen LogP contribution in [-0.2, 0) is 11.3 Å². The summed E-state index contributed by atoms with van der Waals surface area (Å²) in [6.45, 7) is 1.25. The number of likely N-dealkylation sites (N-methyl/N-ethyl adjacent to an activating group) is 1. The summed E-state index contributed by atoms with van der Waals surface area (Å²) in [5.74, 6) is 1.56. The molecule has 0 bridgehead atoms. The molecule has 4 aromatic rings. The van der Waals surface area contributed by atoms with Crippen LogP contribution in [0.3, 0.4) is 0 Å². The average Bonchev–Trinajstić information content (AvgIpc) is 3.37. The highest BCUT2D eigenvalue weighted by molar-refractivity contribution is 8.18. The maximum absolute atomic E-state index is 13.0. The molecule has 3 aromatic carbocycles. The predicted octanol–water partition coefficient (Wildman–Crippen LogP) is 5.96. The number of fused-ring (bicyclic) bond motifs is 1. The van der Waals surface area contributed by atoms with Gasteiger partial charge in [0, 0.05) is 29.7 Å². The van der Waals surface area contributed by atoms with Crippen LogP contribution in [0.25, 0.3) is 17.0 Å². The third kappa shape index (κ3) is 4.95. The number of methoxy groups -OCH3 is 1. The Hall–Kier alpha value is -3.97. The van der Waals surface area contributed by atoms with Crippen LogP contribution in [0, 0.1) is 0 Å². The number of aromatic nitrogens is 1. The molecule has 0 aliphatic carbocycles. The zero-order valence-corrected chi connectivity index (χ0v) is 20.4. The molecule has 1 saturated heterocycles. The third-order valence-electron chi connectivity index (χ3n) is 5.75. The standard InChI is InChI=1S/C28H25N3O3S/c1-30-27(32)26(35-28(30)29-21-12-14-22(33-2)15-13-21)18-20-19-31(25-11-7-6-10-24(20)25)16-17-34-23-8-4-3-5-9-23/h3-15,18-19H,16-17H2,1-2H3/b26-18-,29-28?. The van der Waals surface area contributed by atoms with Crippen LogP contribution >= 0.6 is 11.8 Å². The van der Waals surface area contributed by atoms with E-state index in [1.165, 1.54) is 11.8 Å². The lowest BCUT2D eigenvalue weighted by Gasteiger charge is -2.08. The smallest absolute Gasteiger partial charge is 0.266 e. The maximum atomic E-state index is 13.0. The number of rotatable bonds is 7. The summed E-state index contributed by atoms with van der Waals surface area (Å²) in [5.41, 5.74) is 2.87. The van der Waals surface area contributed by atoms with E-state index in [-0.39, 0.29) is 5.91 Å². The Morgan fingerprint density at radius 3 is 2.46 bits per heavy atom. The van der Waals surface area contributed by atoms with Gasteiger partial charge in [-0.25, -0.2) is 4.99 Å². The molecule has 0 unspecified atom stereocenters. The van der Waals surface area contributed by atoms with E-state index in [9.17, 15) is 4.79 Å². The van der Waals surface area contributed by atoms with E-state index >= 15 is 0 Å². The molecular formula is C28H25N3O3S. The van der Waals surface area contributed by atoms with Gasteiger partial charge in [0.1, 0.15) is 18.1 Å². The Morgan fingerprint density at radius 1 is 0.943 bits per heavy atom. The molecule has 6 nitrogen and oxygen atoms in total. The lowest BCUT2D eigenvalue weighted by atomic mass is 10.1. The van der Waals surface area contributed by atoms with E-state index in [2.05, 4.69) is 27.9 Å². The molecule has 0 radical (unpaired) electrons. The predicted molar refractivity (Wildman–Crippen MR) is 142 cm³/mol. The normalized spacial score (nSPS) is 15.9. The summed E-state index contributed by atoms with van der Waals surface area (Å²) in [7, 11) is 3.38. The zero-order valence-electron chi connectivity index (χ0n) is 19.5. The molecule has 7 heteroatoms. The number of amides is 1. The van der Waals surface area contributed by atoms with E-state index in [0.717, 1.165) is 33.7 Å². The Labute approximate surface area is 208 Å². The minimum atomic E-state index is -0.0634. The number of benzene rings is 3. The molecule has 0 spiro atoms. The number of aliphatic imine (C=N–C) groups is 1. The molecule has 1 aromatic heterocycles. The van der Waals surface area contributed by atoms with Gasteiger partial charge < -0.3 is 14.0 Å². The number of amidine groups is 1. The number of hydrogen-bond acceptors (Lipinski definition) is 5. The van der Waals surface area contributed by atoms with Gasteiger partial charge in [0.2, 0.25) is 0 Å². The highest BCUT2D eigenvalue weighted by atomic mass is 32.2. The quantitative estimate of drug-likeness (QED) is 0.304. The monoisotopic (exact) mass is 483 g/mol. The van der Waals surface area contributed by atoms with E-state index in [4.69, 9.17) is 9.47 Å². The summed E-state index contributed by atoms with van der Waals surface area (Å²) in [4.78, 5) is 19.9. The fourth-order valence-corrected chi connectivity index (χ4v) is 4.89. The second-order valence-electron chi connectivity index (χ2n) is 8.02. The highest BCUT2D eigenvalue weighted by Gasteiger charge is 2.30. The second-order valence-corrected chi connectivity index (χ2v) is 9.03. The number of thioether (sulfide) groups is 1. The van der Waals surface area contributed by atoms with E-state index in [1.807, 2.05) is 72.8 Å². The van der Waals surface area contributed by atoms with Crippen molar-refractivity contribution in [3.05, 3.63) is 95.5 Å². The first kappa shape index (κ1) is 22.8. The Bertz CT molecular complexity index is 1410. The van der Waals surface area contributed by atoms with Gasteiger partial charge >= 0.3 is 0 Å². The van der Waals surface area contributed by atoms with Gasteiger partial charge in [-0.3, -0.25) is 9.69 Å². The summed E-state index contributed by atoms with van der Waals surface area (Å²) >= 11 is 1.38. The van der Waals surface area contributed by atoms with Gasteiger partial charge in [-0.2, -0.15) is 0 Å². The van der Waals surface area contributed by atoms with Gasteiger partial charge in [0.25, 0.3) is 5.91 Å². The van der Waals surface area contributed by atoms with Crippen LogP contribution in [0.2, 0.25) is 0 Å². The topological polar surface area (TPSA) is 56.1 Å². The van der Waals surface area contributed by atoms with Crippen LogP contribution < -0.4 is 9.47 Å². The van der Waals surface area contributed by atoms with Crippen LogP contribution in [0.15, 0.2) is 95.0 Å². The summed E-state index contributed by atoms with van der Waals surface area (Å²) in [6.07, 6.45) is 4.04. The lowest BCUT2D eigenvalue weighted by Crippen LogP contribution is -2.23. The first-order valence-electron chi connectivity index (χ1n) is 11.3. The first-order valence-corrected chi connectivity index (χ1v) is 12.1. The molecule has 1 amide bonds. The summed E-state index contributed by atoms with van der Waals surface area (Å²) in [5, 5.41) is 1.74. The van der Waals surface area contributed by atoms with Crippen molar-refractivity contribution in [1.29, 1.82) is 0 Å². The number of carbonyl (C=O) groups is 1. The molecule has 176 valence electrons. The molecule has 1 aliphatic heterocycles. The zero-order chi connectivity index (χ0) is 24.2. The number of hydrogen-bond donors (Lipinski definition) is 0. The minimum absolute atomic E-state index is 0.0634. The van der Waals surface area contributed by atoms with Crippen molar-refractivity contribution in [2.24, 2.45) is 4.99 Å². The molecular weight excluding hydrogens is 458 g/mol. The van der Waals surface area contributed by atoms with Gasteiger partial charge in [-0.05, 0) is 60.3 Å². The highest BCUT2D eigenvalue weighted by Crippen LogP contribution is 2.35. The fourth-order valence-electron chi connectivity index (χ4n) is 3.91. The molecule has 1 fully saturated rings. The van der Waals surface area contributed by atoms with Crippen molar-refractivity contribution in [1.82, 2.24) is 9.47 Å². The SMILES string of the molecule is COc1ccc(N=C2S/C(=C\c3cn(CCOc4ccccc4)c4ccccc34)C(=O)N2C)cc1. The molecule has 0 saturated carbocycles. The van der Waals surface area contributed by atoms with Crippen molar-refractivity contribution in [2.45, 2.75) is 6.54 Å². The molecule has 2 heterocycles. The Balaban J connectivity index is 1.38. The number of para-hydroxylation sites is 2. The average molecular weight is 484 g/mol. The molecule has 35 heavy (non-hydrogen) atoms. The molecule has 1 aliphatic rings. The number of nitrogens with zero attached hydrogens (tertiary/aromatic N) is 3. The van der Waals surface area contributed by atoms with Crippen molar-refractivity contribution in [2.75, 3.05) is 20.8 Å². The van der Waals surface area contributed by atoms with Crippen LogP contribution in [-0.4, -0.2) is 41.3 Å². The fraction of sp³-hybridized carbons (Fsp3) is 0.143. The third-order valence-corrected chi connectivity index (χ3v) is 6.81. The summed E-state index contributed by atoms with van der Waals surface area (Å²) in [6, 6.07) is 25.5. The van der Waals surface area contributed by atoms with Gasteiger partial charge in [-0.15, -0.1) is 0 Å². The maximum Gasteiger partial charge on any atom is 0.266 e. The van der Waals surface area contributed by atoms with E-state index < -0.39 is 0 Å². The first-order chi connectivity index (χ1) is 17.1. The molecule has 0 N–H and O–H groups in total. The van der Waals surface area contributed by atoms with Crippen molar-refractivity contribution >= 4 is 45.5 Å². The van der Waals surface area contributed by atoms with E-state index in [1.54, 1.807) is 19.1 Å². The van der Waals surface area contributed by atoms with Gasteiger partial charge in [-0.1, -0.05) is 36.4 Å². The second kappa shape index (κ2) is 10.1. The van der Waals surface area contributed by atoms with Crippen LogP contribution in [0.1, 0.15) is 5.56 Å². The van der Waals surface area contributed by atoms with Gasteiger partial charge in [0.15, 0.2) is 5.17 Å². The number of ether oxygens (including phenoxy) is 2.